The van der Waals surface area contributed by atoms with Gasteiger partial charge in [-0.2, -0.15) is 0 Å². The van der Waals surface area contributed by atoms with Crippen molar-refractivity contribution in [3.8, 4) is 0 Å². The SMILES string of the molecule is CNC(=O)C(C(C)=O)C(C(C)=O)C(=O)NC. The van der Waals surface area contributed by atoms with Crippen LogP contribution in [0, 0.1) is 11.8 Å². The van der Waals surface area contributed by atoms with Crippen LogP contribution in [0.1, 0.15) is 13.8 Å². The molecule has 0 aromatic rings. The predicted molar refractivity (Wildman–Crippen MR) is 56.5 cm³/mol. The van der Waals surface area contributed by atoms with E-state index in [1.807, 2.05) is 0 Å². The molecule has 0 aromatic carbocycles. The molecule has 0 bridgehead atoms. The molecule has 2 unspecified atom stereocenters. The number of hydrogen-bond donors (Lipinski definition) is 2. The van der Waals surface area contributed by atoms with Crippen LogP contribution in [-0.2, 0) is 19.2 Å². The van der Waals surface area contributed by atoms with Crippen molar-refractivity contribution in [2.75, 3.05) is 14.1 Å². The van der Waals surface area contributed by atoms with Crippen LogP contribution in [0.5, 0.6) is 0 Å². The molecule has 2 atom stereocenters. The van der Waals surface area contributed by atoms with E-state index in [4.69, 9.17) is 0 Å². The molecule has 0 heterocycles. The van der Waals surface area contributed by atoms with E-state index in [2.05, 4.69) is 10.6 Å². The number of amides is 2. The Balaban J connectivity index is 5.27. The number of carbonyl (C=O) groups is 4. The van der Waals surface area contributed by atoms with Gasteiger partial charge in [0.1, 0.15) is 23.4 Å². The van der Waals surface area contributed by atoms with Gasteiger partial charge in [-0.25, -0.2) is 0 Å². The topological polar surface area (TPSA) is 92.3 Å². The third-order valence-corrected chi connectivity index (χ3v) is 2.27. The quantitative estimate of drug-likeness (QED) is 0.583. The monoisotopic (exact) mass is 228 g/mol. The van der Waals surface area contributed by atoms with Gasteiger partial charge in [0.2, 0.25) is 11.8 Å². The molecule has 0 saturated carbocycles. The summed E-state index contributed by atoms with van der Waals surface area (Å²) in [4.78, 5) is 45.5. The van der Waals surface area contributed by atoms with Gasteiger partial charge in [-0.05, 0) is 13.8 Å². The molecule has 16 heavy (non-hydrogen) atoms. The lowest BCUT2D eigenvalue weighted by molar-refractivity contribution is -0.146. The Morgan fingerprint density at radius 2 is 1.00 bits per heavy atom. The van der Waals surface area contributed by atoms with Crippen LogP contribution in [-0.4, -0.2) is 37.5 Å². The first-order chi connectivity index (χ1) is 7.36. The minimum Gasteiger partial charge on any atom is -0.359 e. The zero-order chi connectivity index (χ0) is 12.9. The molecule has 0 fully saturated rings. The van der Waals surface area contributed by atoms with Crippen molar-refractivity contribution < 1.29 is 19.2 Å². The van der Waals surface area contributed by atoms with Gasteiger partial charge in [0.05, 0.1) is 0 Å². The van der Waals surface area contributed by atoms with Crippen LogP contribution in [0.4, 0.5) is 0 Å². The Kier molecular flexibility index (Phi) is 5.35. The zero-order valence-electron chi connectivity index (χ0n) is 9.79. The summed E-state index contributed by atoms with van der Waals surface area (Å²) in [7, 11) is 2.69. The van der Waals surface area contributed by atoms with E-state index in [-0.39, 0.29) is 0 Å². The van der Waals surface area contributed by atoms with Crippen molar-refractivity contribution >= 4 is 23.4 Å². The molecular weight excluding hydrogens is 212 g/mol. The summed E-state index contributed by atoms with van der Waals surface area (Å²) in [5.74, 6) is -4.80. The second-order valence-electron chi connectivity index (χ2n) is 3.41. The minimum atomic E-state index is -1.26. The summed E-state index contributed by atoms with van der Waals surface area (Å²) >= 11 is 0. The molecule has 2 N–H and O–H groups in total. The third-order valence-electron chi connectivity index (χ3n) is 2.27. The fourth-order valence-corrected chi connectivity index (χ4v) is 1.45. The van der Waals surface area contributed by atoms with Gasteiger partial charge in [0, 0.05) is 14.1 Å². The molecule has 0 aliphatic carbocycles. The lowest BCUT2D eigenvalue weighted by Gasteiger charge is -2.19. The largest absolute Gasteiger partial charge is 0.359 e. The number of hydrogen-bond acceptors (Lipinski definition) is 4. The molecule has 0 aliphatic heterocycles. The fourth-order valence-electron chi connectivity index (χ4n) is 1.45. The van der Waals surface area contributed by atoms with Gasteiger partial charge < -0.3 is 10.6 Å². The van der Waals surface area contributed by atoms with E-state index in [0.717, 1.165) is 0 Å². The molecule has 0 saturated heterocycles. The van der Waals surface area contributed by atoms with Crippen LogP contribution in [0.25, 0.3) is 0 Å². The molecule has 90 valence electrons. The Morgan fingerprint density at radius 3 is 1.12 bits per heavy atom. The van der Waals surface area contributed by atoms with Gasteiger partial charge in [-0.15, -0.1) is 0 Å². The van der Waals surface area contributed by atoms with Gasteiger partial charge in [0.15, 0.2) is 0 Å². The zero-order valence-corrected chi connectivity index (χ0v) is 9.79. The van der Waals surface area contributed by atoms with E-state index < -0.39 is 35.2 Å². The van der Waals surface area contributed by atoms with E-state index in [9.17, 15) is 19.2 Å². The van der Waals surface area contributed by atoms with Crippen molar-refractivity contribution in [1.29, 1.82) is 0 Å². The molecule has 0 rings (SSSR count). The van der Waals surface area contributed by atoms with Crippen molar-refractivity contribution in [3.63, 3.8) is 0 Å². The standard InChI is InChI=1S/C10H16N2O4/c1-5(13)7(9(15)11-3)8(6(2)14)10(16)12-4/h7-8H,1-4H3,(H,11,15)(H,12,16). The Hall–Kier alpha value is -1.72. The Labute approximate surface area is 93.8 Å². The summed E-state index contributed by atoms with van der Waals surface area (Å²) in [6.07, 6.45) is 0. The van der Waals surface area contributed by atoms with Crippen molar-refractivity contribution in [2.45, 2.75) is 13.8 Å². The van der Waals surface area contributed by atoms with E-state index in [1.54, 1.807) is 0 Å². The molecular formula is C10H16N2O4. The molecule has 0 aromatic heterocycles. The van der Waals surface area contributed by atoms with Crippen LogP contribution in [0.15, 0.2) is 0 Å². The molecule has 6 nitrogen and oxygen atoms in total. The van der Waals surface area contributed by atoms with Crippen LogP contribution < -0.4 is 10.6 Å². The van der Waals surface area contributed by atoms with Crippen LogP contribution >= 0.6 is 0 Å². The summed E-state index contributed by atoms with van der Waals surface area (Å²) in [6.45, 7) is 2.36. The predicted octanol–water partition coefficient (Wildman–Crippen LogP) is -1.11. The number of ketones is 2. The maximum atomic E-state index is 11.5. The lowest BCUT2D eigenvalue weighted by atomic mass is 9.85. The smallest absolute Gasteiger partial charge is 0.231 e. The second kappa shape index (κ2) is 5.99. The lowest BCUT2D eigenvalue weighted by Crippen LogP contribution is -2.46. The maximum Gasteiger partial charge on any atom is 0.231 e. The average Bonchev–Trinajstić information content (AvgIpc) is 2.22. The molecule has 6 heteroatoms. The highest BCUT2D eigenvalue weighted by Gasteiger charge is 2.39. The van der Waals surface area contributed by atoms with Crippen LogP contribution in [0.2, 0.25) is 0 Å². The summed E-state index contributed by atoms with van der Waals surface area (Å²) in [5.41, 5.74) is 0. The number of carbonyl (C=O) groups excluding carboxylic acids is 4. The maximum absolute atomic E-state index is 11.5. The highest BCUT2D eigenvalue weighted by molar-refractivity contribution is 6.12. The van der Waals surface area contributed by atoms with Gasteiger partial charge in [0.25, 0.3) is 0 Å². The first-order valence-electron chi connectivity index (χ1n) is 4.80. The highest BCUT2D eigenvalue weighted by atomic mass is 16.2. The number of nitrogens with one attached hydrogen (secondary N) is 2. The third kappa shape index (κ3) is 3.15. The molecule has 0 radical (unpaired) electrons. The van der Waals surface area contributed by atoms with Gasteiger partial charge in [-0.1, -0.05) is 0 Å². The van der Waals surface area contributed by atoms with Crippen molar-refractivity contribution in [2.24, 2.45) is 11.8 Å². The summed E-state index contributed by atoms with van der Waals surface area (Å²) in [5, 5.41) is 4.54. The van der Waals surface area contributed by atoms with E-state index >= 15 is 0 Å². The van der Waals surface area contributed by atoms with Gasteiger partial charge >= 0.3 is 0 Å². The molecule has 2 amide bonds. The summed E-state index contributed by atoms with van der Waals surface area (Å²) < 4.78 is 0. The Morgan fingerprint density at radius 1 is 0.750 bits per heavy atom. The number of Topliss-reactive ketones (excluding diaryl/α,β-unsaturated/α-hetero) is 2. The van der Waals surface area contributed by atoms with E-state index in [0.29, 0.717) is 0 Å². The highest BCUT2D eigenvalue weighted by Crippen LogP contribution is 2.15. The fraction of sp³-hybridized carbons (Fsp3) is 0.600. The first-order valence-corrected chi connectivity index (χ1v) is 4.80. The first kappa shape index (κ1) is 14.3. The minimum absolute atomic E-state index is 0.511. The molecule has 0 spiro atoms. The van der Waals surface area contributed by atoms with Crippen molar-refractivity contribution in [1.82, 2.24) is 10.6 Å². The second-order valence-corrected chi connectivity index (χ2v) is 3.41. The normalized spacial score (nSPS) is 13.5. The van der Waals surface area contributed by atoms with Crippen molar-refractivity contribution in [3.05, 3.63) is 0 Å². The summed E-state index contributed by atoms with van der Waals surface area (Å²) in [6, 6.07) is 0. The van der Waals surface area contributed by atoms with E-state index in [1.165, 1.54) is 27.9 Å². The number of rotatable bonds is 5. The van der Waals surface area contributed by atoms with Gasteiger partial charge in [-0.3, -0.25) is 19.2 Å². The van der Waals surface area contributed by atoms with Crippen LogP contribution in [0.3, 0.4) is 0 Å². The average molecular weight is 228 g/mol. The molecule has 0 aliphatic rings. The Bertz CT molecular complexity index is 293.